The zero-order valence-electron chi connectivity index (χ0n) is 10.6. The minimum Gasteiger partial charge on any atom is -0.460 e. The van der Waals surface area contributed by atoms with Crippen LogP contribution in [0.3, 0.4) is 0 Å². The Morgan fingerprint density at radius 1 is 1.29 bits per heavy atom. The van der Waals surface area contributed by atoms with E-state index in [-0.39, 0.29) is 24.3 Å². The van der Waals surface area contributed by atoms with Crippen molar-refractivity contribution in [3.63, 3.8) is 0 Å². The number of ether oxygens (including phenoxy) is 2. The Kier molecular flexibility index (Phi) is 4.40. The predicted octanol–water partition coefficient (Wildman–Crippen LogP) is 1.61. The van der Waals surface area contributed by atoms with E-state index in [9.17, 15) is 4.79 Å². The molecule has 4 nitrogen and oxygen atoms in total. The summed E-state index contributed by atoms with van der Waals surface area (Å²) >= 11 is 0. The largest absolute Gasteiger partial charge is 0.460 e. The van der Waals surface area contributed by atoms with Crippen molar-refractivity contribution in [3.8, 4) is 0 Å². The summed E-state index contributed by atoms with van der Waals surface area (Å²) < 4.78 is 11.1. The molecule has 0 aromatic rings. The highest BCUT2D eigenvalue weighted by Crippen LogP contribution is 2.28. The number of rotatable bonds is 3. The maximum atomic E-state index is 11.9. The fraction of sp³-hybridized carbons (Fsp3) is 0.923. The Hall–Kier alpha value is -0.610. The van der Waals surface area contributed by atoms with Gasteiger partial charge in [-0.05, 0) is 38.0 Å². The highest BCUT2D eigenvalue weighted by Gasteiger charge is 2.34. The SMILES string of the molecule is CC1CCCCC1OC(=O)C1CCC(CN)O1. The van der Waals surface area contributed by atoms with E-state index in [0.717, 1.165) is 25.7 Å². The van der Waals surface area contributed by atoms with E-state index in [2.05, 4.69) is 6.92 Å². The molecule has 1 heterocycles. The van der Waals surface area contributed by atoms with Crippen LogP contribution in [0.5, 0.6) is 0 Å². The summed E-state index contributed by atoms with van der Waals surface area (Å²) in [7, 11) is 0. The van der Waals surface area contributed by atoms with Crippen LogP contribution in [0, 0.1) is 5.92 Å². The Bertz CT molecular complexity index is 269. The van der Waals surface area contributed by atoms with E-state index in [4.69, 9.17) is 15.2 Å². The molecular formula is C13H23NO3. The molecule has 0 aromatic heterocycles. The van der Waals surface area contributed by atoms with E-state index in [0.29, 0.717) is 12.5 Å². The van der Waals surface area contributed by atoms with E-state index < -0.39 is 0 Å². The third-order valence-electron chi connectivity index (χ3n) is 3.93. The van der Waals surface area contributed by atoms with E-state index in [1.165, 1.54) is 12.8 Å². The molecule has 1 saturated carbocycles. The standard InChI is InChI=1S/C13H23NO3/c1-9-4-2-3-5-11(9)17-13(15)12-7-6-10(8-14)16-12/h9-12H,2-8,14H2,1H3. The first-order valence-electron chi connectivity index (χ1n) is 6.76. The number of nitrogens with two attached hydrogens (primary N) is 1. The molecule has 2 rings (SSSR count). The summed E-state index contributed by atoms with van der Waals surface area (Å²) in [6.07, 6.45) is 5.96. The van der Waals surface area contributed by atoms with Crippen LogP contribution in [-0.2, 0) is 14.3 Å². The Labute approximate surface area is 103 Å². The first-order chi connectivity index (χ1) is 8.20. The average Bonchev–Trinajstić information content (AvgIpc) is 2.81. The minimum atomic E-state index is -0.377. The Balaban J connectivity index is 1.80. The van der Waals surface area contributed by atoms with Crippen molar-refractivity contribution >= 4 is 5.97 Å². The smallest absolute Gasteiger partial charge is 0.335 e. The summed E-state index contributed by atoms with van der Waals surface area (Å²) in [5, 5.41) is 0. The van der Waals surface area contributed by atoms with Crippen molar-refractivity contribution in [1.82, 2.24) is 0 Å². The molecule has 2 aliphatic rings. The molecule has 4 atom stereocenters. The van der Waals surface area contributed by atoms with Gasteiger partial charge in [-0.3, -0.25) is 0 Å². The summed E-state index contributed by atoms with van der Waals surface area (Å²) in [6, 6.07) is 0. The fourth-order valence-electron chi connectivity index (χ4n) is 2.73. The van der Waals surface area contributed by atoms with Gasteiger partial charge in [0.15, 0.2) is 6.10 Å². The third kappa shape index (κ3) is 3.19. The fourth-order valence-corrected chi connectivity index (χ4v) is 2.73. The van der Waals surface area contributed by atoms with Gasteiger partial charge in [-0.15, -0.1) is 0 Å². The van der Waals surface area contributed by atoms with Gasteiger partial charge in [0.1, 0.15) is 6.10 Å². The number of carbonyl (C=O) groups excluding carboxylic acids is 1. The molecule has 1 saturated heterocycles. The Morgan fingerprint density at radius 3 is 2.71 bits per heavy atom. The lowest BCUT2D eigenvalue weighted by molar-refractivity contribution is -0.165. The first-order valence-corrected chi connectivity index (χ1v) is 6.76. The molecule has 0 aromatic carbocycles. The van der Waals surface area contributed by atoms with Crippen LogP contribution in [-0.4, -0.2) is 30.8 Å². The van der Waals surface area contributed by atoms with Gasteiger partial charge in [0, 0.05) is 6.54 Å². The van der Waals surface area contributed by atoms with Crippen molar-refractivity contribution in [2.45, 2.75) is 63.8 Å². The molecule has 0 spiro atoms. The van der Waals surface area contributed by atoms with Crippen LogP contribution in [0.15, 0.2) is 0 Å². The highest BCUT2D eigenvalue weighted by molar-refractivity contribution is 5.75. The number of hydrogen-bond acceptors (Lipinski definition) is 4. The molecule has 1 aliphatic heterocycles. The average molecular weight is 241 g/mol. The van der Waals surface area contributed by atoms with Crippen LogP contribution >= 0.6 is 0 Å². The molecule has 4 heteroatoms. The van der Waals surface area contributed by atoms with Crippen molar-refractivity contribution in [2.24, 2.45) is 11.7 Å². The van der Waals surface area contributed by atoms with Crippen LogP contribution in [0.25, 0.3) is 0 Å². The van der Waals surface area contributed by atoms with Gasteiger partial charge in [-0.25, -0.2) is 4.79 Å². The third-order valence-corrected chi connectivity index (χ3v) is 3.93. The number of carbonyl (C=O) groups is 1. The molecule has 4 unspecified atom stereocenters. The van der Waals surface area contributed by atoms with E-state index in [1.54, 1.807) is 0 Å². The molecule has 17 heavy (non-hydrogen) atoms. The van der Waals surface area contributed by atoms with Crippen molar-refractivity contribution in [1.29, 1.82) is 0 Å². The van der Waals surface area contributed by atoms with Crippen LogP contribution in [0.1, 0.15) is 45.4 Å². The van der Waals surface area contributed by atoms with Gasteiger partial charge < -0.3 is 15.2 Å². The maximum Gasteiger partial charge on any atom is 0.335 e. The number of esters is 1. The predicted molar refractivity (Wildman–Crippen MR) is 64.5 cm³/mol. The van der Waals surface area contributed by atoms with Crippen molar-refractivity contribution < 1.29 is 14.3 Å². The van der Waals surface area contributed by atoms with Gasteiger partial charge in [0.2, 0.25) is 0 Å². The van der Waals surface area contributed by atoms with Gasteiger partial charge in [0.25, 0.3) is 0 Å². The van der Waals surface area contributed by atoms with Crippen molar-refractivity contribution in [2.75, 3.05) is 6.54 Å². The molecular weight excluding hydrogens is 218 g/mol. The van der Waals surface area contributed by atoms with Crippen LogP contribution < -0.4 is 5.73 Å². The first kappa shape index (κ1) is 12.8. The van der Waals surface area contributed by atoms with Gasteiger partial charge in [-0.2, -0.15) is 0 Å². The molecule has 0 radical (unpaired) electrons. The topological polar surface area (TPSA) is 61.5 Å². The van der Waals surface area contributed by atoms with Gasteiger partial charge in [-0.1, -0.05) is 13.3 Å². The molecule has 0 amide bonds. The number of hydrogen-bond donors (Lipinski definition) is 1. The normalized spacial score (nSPS) is 38.0. The molecule has 1 aliphatic carbocycles. The van der Waals surface area contributed by atoms with Crippen molar-refractivity contribution in [3.05, 3.63) is 0 Å². The summed E-state index contributed by atoms with van der Waals surface area (Å²) in [5.74, 6) is 0.305. The second-order valence-corrected chi connectivity index (χ2v) is 5.30. The monoisotopic (exact) mass is 241 g/mol. The molecule has 0 bridgehead atoms. The van der Waals surface area contributed by atoms with Crippen LogP contribution in [0.4, 0.5) is 0 Å². The summed E-state index contributed by atoms with van der Waals surface area (Å²) in [4.78, 5) is 11.9. The van der Waals surface area contributed by atoms with Gasteiger partial charge in [0.05, 0.1) is 6.10 Å². The minimum absolute atomic E-state index is 0.0383. The van der Waals surface area contributed by atoms with E-state index in [1.807, 2.05) is 0 Å². The maximum absolute atomic E-state index is 11.9. The molecule has 2 N–H and O–H groups in total. The quantitative estimate of drug-likeness (QED) is 0.763. The Morgan fingerprint density at radius 2 is 2.06 bits per heavy atom. The summed E-state index contributed by atoms with van der Waals surface area (Å²) in [5.41, 5.74) is 5.53. The van der Waals surface area contributed by atoms with E-state index >= 15 is 0 Å². The second-order valence-electron chi connectivity index (χ2n) is 5.30. The molecule has 98 valence electrons. The van der Waals surface area contributed by atoms with Crippen LogP contribution in [0.2, 0.25) is 0 Å². The highest BCUT2D eigenvalue weighted by atomic mass is 16.6. The zero-order valence-corrected chi connectivity index (χ0v) is 10.6. The lowest BCUT2D eigenvalue weighted by Gasteiger charge is -2.29. The zero-order chi connectivity index (χ0) is 12.3. The lowest BCUT2D eigenvalue weighted by Crippen LogP contribution is -2.34. The molecule has 2 fully saturated rings. The second kappa shape index (κ2) is 5.83. The van der Waals surface area contributed by atoms with Gasteiger partial charge >= 0.3 is 5.97 Å². The summed E-state index contributed by atoms with van der Waals surface area (Å²) in [6.45, 7) is 2.65. The lowest BCUT2D eigenvalue weighted by atomic mass is 9.88.